The van der Waals surface area contributed by atoms with Gasteiger partial charge in [0.25, 0.3) is 0 Å². The van der Waals surface area contributed by atoms with Crippen LogP contribution in [0, 0.1) is 26.7 Å². The van der Waals surface area contributed by atoms with Crippen LogP contribution in [0.5, 0.6) is 0 Å². The third kappa shape index (κ3) is 7.16. The van der Waals surface area contributed by atoms with E-state index < -0.39 is 0 Å². The highest BCUT2D eigenvalue weighted by molar-refractivity contribution is 6.00. The van der Waals surface area contributed by atoms with Crippen molar-refractivity contribution in [1.82, 2.24) is 14.6 Å². The molecule has 1 fully saturated rings. The molecule has 234 valence electrons. The Balaban J connectivity index is 1.17. The molecule has 1 aliphatic heterocycles. The van der Waals surface area contributed by atoms with Crippen LogP contribution in [0.15, 0.2) is 53.1 Å². The first kappa shape index (κ1) is 31.3. The molecule has 3 amide bonds. The Morgan fingerprint density at radius 3 is 2.59 bits per heavy atom. The van der Waals surface area contributed by atoms with Crippen molar-refractivity contribution in [1.29, 1.82) is 0 Å². The van der Waals surface area contributed by atoms with Crippen LogP contribution < -0.4 is 10.6 Å². The van der Waals surface area contributed by atoms with Gasteiger partial charge in [0.05, 0.1) is 0 Å². The minimum atomic E-state index is -0.350. The van der Waals surface area contributed by atoms with Gasteiger partial charge in [-0.1, -0.05) is 42.4 Å². The molecule has 9 heteroatoms. The SMILES string of the molecule is COCCCn1c(C2CCCN(C(=O)C[C@H](C)Cc3ccc(NC(=O)Nc4c(C)noc4C)cc3)C2)c(C)c2ccccc21. The minimum absolute atomic E-state index is 0.201. The van der Waals surface area contributed by atoms with Gasteiger partial charge in [0.15, 0.2) is 5.76 Å². The molecule has 2 aromatic carbocycles. The van der Waals surface area contributed by atoms with Gasteiger partial charge in [-0.25, -0.2) is 4.79 Å². The number of aromatic nitrogens is 2. The van der Waals surface area contributed by atoms with E-state index in [9.17, 15) is 9.59 Å². The van der Waals surface area contributed by atoms with Crippen LogP contribution in [0.1, 0.15) is 66.8 Å². The maximum atomic E-state index is 13.5. The van der Waals surface area contributed by atoms with Crippen LogP contribution in [-0.4, -0.2) is 53.4 Å². The number of fused-ring (bicyclic) bond motifs is 1. The average molecular weight is 600 g/mol. The Labute approximate surface area is 259 Å². The van der Waals surface area contributed by atoms with E-state index in [-0.39, 0.29) is 17.9 Å². The molecular formula is C35H45N5O4. The second kappa shape index (κ2) is 14.1. The van der Waals surface area contributed by atoms with Gasteiger partial charge in [0.1, 0.15) is 11.4 Å². The number of anilines is 2. The highest BCUT2D eigenvalue weighted by Gasteiger charge is 2.29. The molecule has 2 atom stereocenters. The number of piperidine rings is 1. The number of urea groups is 1. The minimum Gasteiger partial charge on any atom is -0.385 e. The zero-order valence-corrected chi connectivity index (χ0v) is 26.6. The number of aryl methyl sites for hydroxylation is 4. The first-order valence-corrected chi connectivity index (χ1v) is 15.7. The number of carbonyl (C=O) groups is 2. The van der Waals surface area contributed by atoms with E-state index in [1.807, 2.05) is 24.3 Å². The van der Waals surface area contributed by atoms with Crippen LogP contribution in [-0.2, 0) is 22.5 Å². The maximum absolute atomic E-state index is 13.5. The van der Waals surface area contributed by atoms with Gasteiger partial charge in [0.2, 0.25) is 5.91 Å². The van der Waals surface area contributed by atoms with Gasteiger partial charge in [-0.05, 0) is 81.7 Å². The van der Waals surface area contributed by atoms with Gasteiger partial charge in [-0.15, -0.1) is 0 Å². The van der Waals surface area contributed by atoms with E-state index in [0.29, 0.717) is 35.2 Å². The van der Waals surface area contributed by atoms with Gasteiger partial charge in [-0.2, -0.15) is 0 Å². The number of nitrogens with one attached hydrogen (secondary N) is 2. The van der Waals surface area contributed by atoms with Crippen molar-refractivity contribution in [2.75, 3.05) is 37.4 Å². The third-order valence-electron chi connectivity index (χ3n) is 8.76. The molecule has 4 aromatic rings. The van der Waals surface area contributed by atoms with Crippen LogP contribution in [0.4, 0.5) is 16.2 Å². The molecule has 2 N–H and O–H groups in total. The first-order valence-electron chi connectivity index (χ1n) is 15.7. The van der Waals surface area contributed by atoms with Gasteiger partial charge < -0.3 is 29.4 Å². The highest BCUT2D eigenvalue weighted by Crippen LogP contribution is 2.36. The summed E-state index contributed by atoms with van der Waals surface area (Å²) in [5, 5.41) is 10.8. The van der Waals surface area contributed by atoms with Crippen molar-refractivity contribution in [2.24, 2.45) is 5.92 Å². The number of ether oxygens (including phenoxy) is 1. The number of likely N-dealkylation sites (tertiary alicyclic amines) is 1. The van der Waals surface area contributed by atoms with Gasteiger partial charge >= 0.3 is 6.03 Å². The van der Waals surface area contributed by atoms with E-state index in [1.165, 1.54) is 22.2 Å². The van der Waals surface area contributed by atoms with Crippen LogP contribution in [0.25, 0.3) is 10.9 Å². The molecule has 1 saturated heterocycles. The number of hydrogen-bond donors (Lipinski definition) is 2. The van der Waals surface area contributed by atoms with Crippen molar-refractivity contribution in [3.8, 4) is 0 Å². The molecule has 0 aliphatic carbocycles. The second-order valence-electron chi connectivity index (χ2n) is 12.2. The zero-order valence-electron chi connectivity index (χ0n) is 26.6. The van der Waals surface area contributed by atoms with E-state index >= 15 is 0 Å². The van der Waals surface area contributed by atoms with Crippen molar-refractivity contribution in [2.45, 2.75) is 72.3 Å². The smallest absolute Gasteiger partial charge is 0.323 e. The lowest BCUT2D eigenvalue weighted by molar-refractivity contribution is -0.133. The molecule has 9 nitrogen and oxygen atoms in total. The normalized spacial score (nSPS) is 15.8. The molecule has 0 radical (unpaired) electrons. The summed E-state index contributed by atoms with van der Waals surface area (Å²) in [4.78, 5) is 28.0. The summed E-state index contributed by atoms with van der Waals surface area (Å²) >= 11 is 0. The molecule has 1 unspecified atom stereocenters. The predicted molar refractivity (Wildman–Crippen MR) is 174 cm³/mol. The number of nitrogens with zero attached hydrogens (tertiary/aromatic N) is 3. The average Bonchev–Trinajstić information content (AvgIpc) is 3.48. The topological polar surface area (TPSA) is 102 Å². The van der Waals surface area contributed by atoms with Crippen LogP contribution >= 0.6 is 0 Å². The zero-order chi connectivity index (χ0) is 31.2. The standard InChI is InChI=1S/C35H45N5O4/c1-23(20-27-13-15-29(16-14-27)36-35(42)37-33-25(3)38-44-26(33)4)21-32(41)39-17-8-10-28(22-39)34-24(2)30-11-6-7-12-31(30)40(34)18-9-19-43-5/h6-7,11-16,23,28H,8-10,17-22H2,1-5H3,(H2,36,37,42)/t23-,28?/m1/s1. The van der Waals surface area contributed by atoms with Crippen LogP contribution in [0.2, 0.25) is 0 Å². The fourth-order valence-electron chi connectivity index (χ4n) is 6.62. The number of benzene rings is 2. The monoisotopic (exact) mass is 599 g/mol. The number of hydrogen-bond acceptors (Lipinski definition) is 5. The summed E-state index contributed by atoms with van der Waals surface area (Å²) in [6.07, 6.45) is 4.38. The molecule has 0 bridgehead atoms. The summed E-state index contributed by atoms with van der Waals surface area (Å²) in [5.74, 6) is 1.32. The largest absolute Gasteiger partial charge is 0.385 e. The molecule has 0 saturated carbocycles. The molecule has 3 heterocycles. The molecule has 1 aliphatic rings. The van der Waals surface area contributed by atoms with E-state index in [1.54, 1.807) is 21.0 Å². The van der Waals surface area contributed by atoms with Crippen molar-refractivity contribution < 1.29 is 18.8 Å². The first-order chi connectivity index (χ1) is 21.2. The van der Waals surface area contributed by atoms with E-state index in [0.717, 1.165) is 57.5 Å². The van der Waals surface area contributed by atoms with Crippen molar-refractivity contribution in [3.63, 3.8) is 0 Å². The third-order valence-corrected chi connectivity index (χ3v) is 8.76. The Morgan fingerprint density at radius 2 is 1.86 bits per heavy atom. The summed E-state index contributed by atoms with van der Waals surface area (Å²) in [5.41, 5.74) is 7.03. The Morgan fingerprint density at radius 1 is 1.09 bits per heavy atom. The van der Waals surface area contributed by atoms with Crippen molar-refractivity contribution >= 4 is 34.2 Å². The summed E-state index contributed by atoms with van der Waals surface area (Å²) in [7, 11) is 1.75. The quantitative estimate of drug-likeness (QED) is 0.177. The highest BCUT2D eigenvalue weighted by atomic mass is 16.5. The molecular weight excluding hydrogens is 554 g/mol. The summed E-state index contributed by atoms with van der Waals surface area (Å²) in [6.45, 7) is 11.1. The number of carbonyl (C=O) groups excluding carboxylic acids is 2. The van der Waals surface area contributed by atoms with E-state index in [4.69, 9.17) is 9.26 Å². The molecule has 0 spiro atoms. The predicted octanol–water partition coefficient (Wildman–Crippen LogP) is 7.21. The summed E-state index contributed by atoms with van der Waals surface area (Å²) < 4.78 is 12.9. The van der Waals surface area contributed by atoms with Gasteiger partial charge in [-0.3, -0.25) is 4.79 Å². The summed E-state index contributed by atoms with van der Waals surface area (Å²) in [6, 6.07) is 16.1. The molecule has 5 rings (SSSR count). The fraction of sp³-hybridized carbons (Fsp3) is 0.457. The maximum Gasteiger partial charge on any atom is 0.323 e. The lowest BCUT2D eigenvalue weighted by Gasteiger charge is -2.34. The Hall–Kier alpha value is -4.11. The fourth-order valence-corrected chi connectivity index (χ4v) is 6.62. The lowest BCUT2D eigenvalue weighted by atomic mass is 9.91. The molecule has 44 heavy (non-hydrogen) atoms. The Kier molecular flexibility index (Phi) is 10.0. The Bertz CT molecular complexity index is 1570. The van der Waals surface area contributed by atoms with Crippen LogP contribution in [0.3, 0.4) is 0 Å². The van der Waals surface area contributed by atoms with E-state index in [2.05, 4.69) is 63.4 Å². The van der Waals surface area contributed by atoms with Crippen molar-refractivity contribution in [3.05, 3.63) is 76.8 Å². The number of methoxy groups -OCH3 is 1. The molecule has 2 aromatic heterocycles. The number of amides is 3. The number of rotatable bonds is 11. The second-order valence-corrected chi connectivity index (χ2v) is 12.2. The van der Waals surface area contributed by atoms with Gasteiger partial charge in [0, 0.05) is 68.0 Å². The lowest BCUT2D eigenvalue weighted by Crippen LogP contribution is -2.40. The number of para-hydroxylation sites is 1.